The molecule has 0 aliphatic carbocycles. The Kier molecular flexibility index (Phi) is 5.39. The van der Waals surface area contributed by atoms with Gasteiger partial charge in [0.1, 0.15) is 11.4 Å². The summed E-state index contributed by atoms with van der Waals surface area (Å²) >= 11 is 5.70. The summed E-state index contributed by atoms with van der Waals surface area (Å²) in [5.41, 5.74) is -0.398. The first-order valence-electron chi connectivity index (χ1n) is 7.97. The highest BCUT2D eigenvalue weighted by molar-refractivity contribution is 6.30. The average Bonchev–Trinajstić information content (AvgIpc) is 2.50. The van der Waals surface area contributed by atoms with E-state index in [1.807, 2.05) is 20.8 Å². The van der Waals surface area contributed by atoms with Gasteiger partial charge in [-0.1, -0.05) is 17.7 Å². The van der Waals surface area contributed by atoms with Gasteiger partial charge in [0.2, 0.25) is 0 Å². The van der Waals surface area contributed by atoms with Crippen molar-refractivity contribution in [1.82, 2.24) is 4.90 Å². The first kappa shape index (κ1) is 18.5. The number of halogens is 2. The van der Waals surface area contributed by atoms with Crippen LogP contribution >= 0.6 is 11.6 Å². The zero-order valence-electron chi connectivity index (χ0n) is 14.2. The predicted molar refractivity (Wildman–Crippen MR) is 90.2 cm³/mol. The summed E-state index contributed by atoms with van der Waals surface area (Å²) in [5, 5.41) is 9.71. The lowest BCUT2D eigenvalue weighted by atomic mass is 9.75. The van der Waals surface area contributed by atoms with Gasteiger partial charge in [-0.25, -0.2) is 9.18 Å². The van der Waals surface area contributed by atoms with Crippen molar-refractivity contribution in [2.24, 2.45) is 5.41 Å². The topological polar surface area (TPSA) is 53.3 Å². The Balaban J connectivity index is 2.02. The SMILES string of the molecule is CC(C)(C)OC(=O)N1CCC(C#N)(Cc2ccc(Cl)c(F)c2)CC1. The highest BCUT2D eigenvalue weighted by Crippen LogP contribution is 2.35. The number of nitrogens with zero attached hydrogens (tertiary/aromatic N) is 2. The Labute approximate surface area is 147 Å². The molecule has 1 aromatic rings. The molecular formula is C18H22ClFN2O2. The number of hydrogen-bond donors (Lipinski definition) is 0. The van der Waals surface area contributed by atoms with Crippen molar-refractivity contribution in [3.05, 3.63) is 34.6 Å². The van der Waals surface area contributed by atoms with Crippen LogP contribution in [0.5, 0.6) is 0 Å². The van der Waals surface area contributed by atoms with Crippen molar-refractivity contribution in [1.29, 1.82) is 5.26 Å². The van der Waals surface area contributed by atoms with Gasteiger partial charge in [-0.3, -0.25) is 0 Å². The maximum Gasteiger partial charge on any atom is 0.410 e. The van der Waals surface area contributed by atoms with Gasteiger partial charge >= 0.3 is 6.09 Å². The summed E-state index contributed by atoms with van der Waals surface area (Å²) in [7, 11) is 0. The molecule has 2 rings (SSSR count). The molecule has 0 spiro atoms. The zero-order chi connectivity index (χ0) is 18.0. The van der Waals surface area contributed by atoms with E-state index in [2.05, 4.69) is 6.07 Å². The minimum atomic E-state index is -0.598. The van der Waals surface area contributed by atoms with Gasteiger partial charge in [-0.2, -0.15) is 5.26 Å². The second kappa shape index (κ2) is 6.98. The average molecular weight is 353 g/mol. The Morgan fingerprint density at radius 1 is 1.42 bits per heavy atom. The molecule has 1 saturated heterocycles. The van der Waals surface area contributed by atoms with Crippen molar-refractivity contribution in [3.63, 3.8) is 0 Å². The fourth-order valence-electron chi connectivity index (χ4n) is 2.81. The maximum atomic E-state index is 13.6. The quantitative estimate of drug-likeness (QED) is 0.783. The molecule has 1 aliphatic heterocycles. The fourth-order valence-corrected chi connectivity index (χ4v) is 2.93. The van der Waals surface area contributed by atoms with Crippen LogP contribution in [-0.2, 0) is 11.2 Å². The van der Waals surface area contributed by atoms with Crippen LogP contribution in [0.25, 0.3) is 0 Å². The van der Waals surface area contributed by atoms with E-state index >= 15 is 0 Å². The van der Waals surface area contributed by atoms with E-state index in [9.17, 15) is 14.4 Å². The van der Waals surface area contributed by atoms with E-state index in [4.69, 9.17) is 16.3 Å². The van der Waals surface area contributed by atoms with Crippen LogP contribution in [0.3, 0.4) is 0 Å². The zero-order valence-corrected chi connectivity index (χ0v) is 15.0. The molecule has 1 aromatic carbocycles. The van der Waals surface area contributed by atoms with Gasteiger partial charge in [0.15, 0.2) is 0 Å². The number of likely N-dealkylation sites (tertiary alicyclic amines) is 1. The summed E-state index contributed by atoms with van der Waals surface area (Å²) in [6.45, 7) is 6.38. The van der Waals surface area contributed by atoms with E-state index in [0.29, 0.717) is 32.4 Å². The van der Waals surface area contributed by atoms with Crippen molar-refractivity contribution in [2.45, 2.75) is 45.6 Å². The van der Waals surface area contributed by atoms with Gasteiger partial charge < -0.3 is 9.64 Å². The molecule has 0 unspecified atom stereocenters. The molecule has 0 saturated carbocycles. The standard InChI is InChI=1S/C18H22ClFN2O2/c1-17(2,3)24-16(23)22-8-6-18(12-21,7-9-22)11-13-4-5-14(19)15(20)10-13/h4-5,10H,6-9,11H2,1-3H3. The lowest BCUT2D eigenvalue weighted by molar-refractivity contribution is 0.0148. The van der Waals surface area contributed by atoms with Gasteiger partial charge in [-0.05, 0) is 57.7 Å². The van der Waals surface area contributed by atoms with Crippen molar-refractivity contribution in [3.8, 4) is 6.07 Å². The molecule has 1 fully saturated rings. The molecule has 24 heavy (non-hydrogen) atoms. The smallest absolute Gasteiger partial charge is 0.410 e. The first-order valence-corrected chi connectivity index (χ1v) is 8.35. The molecular weight excluding hydrogens is 331 g/mol. The van der Waals surface area contributed by atoms with E-state index < -0.39 is 16.8 Å². The predicted octanol–water partition coefficient (Wildman–Crippen LogP) is 4.56. The summed E-state index contributed by atoms with van der Waals surface area (Å²) in [5.74, 6) is -0.478. The van der Waals surface area contributed by atoms with Gasteiger partial charge in [0, 0.05) is 13.1 Å². The van der Waals surface area contributed by atoms with Crippen LogP contribution in [0.2, 0.25) is 5.02 Å². The summed E-state index contributed by atoms with van der Waals surface area (Å²) in [4.78, 5) is 13.7. The normalized spacial score (nSPS) is 17.2. The monoisotopic (exact) mass is 352 g/mol. The number of hydrogen-bond acceptors (Lipinski definition) is 3. The Morgan fingerprint density at radius 2 is 2.04 bits per heavy atom. The summed E-state index contributed by atoms with van der Waals surface area (Å²) < 4.78 is 19.0. The van der Waals surface area contributed by atoms with Gasteiger partial charge in [0.05, 0.1) is 16.5 Å². The number of carbonyl (C=O) groups is 1. The Bertz CT molecular complexity index is 656. The van der Waals surface area contributed by atoms with E-state index in [-0.39, 0.29) is 11.1 Å². The molecule has 6 heteroatoms. The second-order valence-electron chi connectivity index (χ2n) is 7.28. The van der Waals surface area contributed by atoms with Crippen LogP contribution < -0.4 is 0 Å². The number of rotatable bonds is 2. The largest absolute Gasteiger partial charge is 0.444 e. The van der Waals surface area contributed by atoms with E-state index in [0.717, 1.165) is 5.56 Å². The molecule has 1 heterocycles. The van der Waals surface area contributed by atoms with Crippen LogP contribution in [0.15, 0.2) is 18.2 Å². The number of benzene rings is 1. The van der Waals surface area contributed by atoms with Gasteiger partial charge in [-0.15, -0.1) is 0 Å². The minimum absolute atomic E-state index is 0.0736. The third kappa shape index (κ3) is 4.61. The first-order chi connectivity index (χ1) is 11.1. The number of amides is 1. The Hall–Kier alpha value is -1.80. The molecule has 0 atom stereocenters. The van der Waals surface area contributed by atoms with Crippen LogP contribution in [0.1, 0.15) is 39.2 Å². The molecule has 0 N–H and O–H groups in total. The van der Waals surface area contributed by atoms with Crippen LogP contribution in [-0.4, -0.2) is 29.7 Å². The highest BCUT2D eigenvalue weighted by atomic mass is 35.5. The van der Waals surface area contributed by atoms with Crippen molar-refractivity contribution >= 4 is 17.7 Å². The van der Waals surface area contributed by atoms with Crippen LogP contribution in [0.4, 0.5) is 9.18 Å². The molecule has 130 valence electrons. The fraction of sp³-hybridized carbons (Fsp3) is 0.556. The van der Waals surface area contributed by atoms with Crippen molar-refractivity contribution in [2.75, 3.05) is 13.1 Å². The minimum Gasteiger partial charge on any atom is -0.444 e. The highest BCUT2D eigenvalue weighted by Gasteiger charge is 2.37. The second-order valence-corrected chi connectivity index (χ2v) is 7.69. The summed E-state index contributed by atoms with van der Waals surface area (Å²) in [6.07, 6.45) is 1.16. The molecule has 0 radical (unpaired) electrons. The molecule has 4 nitrogen and oxygen atoms in total. The van der Waals surface area contributed by atoms with Crippen LogP contribution in [0, 0.1) is 22.6 Å². The maximum absolute atomic E-state index is 13.6. The third-order valence-corrected chi connectivity index (χ3v) is 4.44. The van der Waals surface area contributed by atoms with E-state index in [1.54, 1.807) is 11.0 Å². The van der Waals surface area contributed by atoms with E-state index in [1.165, 1.54) is 12.1 Å². The number of carbonyl (C=O) groups excluding carboxylic acids is 1. The number of piperidine rings is 1. The van der Waals surface area contributed by atoms with Gasteiger partial charge in [0.25, 0.3) is 0 Å². The lowest BCUT2D eigenvalue weighted by Crippen LogP contribution is -2.45. The Morgan fingerprint density at radius 3 is 2.54 bits per heavy atom. The molecule has 0 aromatic heterocycles. The molecule has 1 aliphatic rings. The van der Waals surface area contributed by atoms with Crippen molar-refractivity contribution < 1.29 is 13.9 Å². The number of ether oxygens (including phenoxy) is 1. The summed E-state index contributed by atoms with van der Waals surface area (Å²) in [6, 6.07) is 7.00. The number of nitriles is 1. The third-order valence-electron chi connectivity index (χ3n) is 4.14. The lowest BCUT2D eigenvalue weighted by Gasteiger charge is -2.38. The molecule has 1 amide bonds. The molecule has 0 bridgehead atoms.